The Hall–Kier alpha value is -2.76. The Morgan fingerprint density at radius 3 is 2.73 bits per heavy atom. The van der Waals surface area contributed by atoms with Crippen LogP contribution in [0.4, 0.5) is 0 Å². The molecule has 1 fully saturated rings. The van der Waals surface area contributed by atoms with E-state index in [0.717, 1.165) is 29.6 Å². The van der Waals surface area contributed by atoms with Crippen LogP contribution in [0.15, 0.2) is 36.5 Å². The summed E-state index contributed by atoms with van der Waals surface area (Å²) in [7, 11) is 0. The molecule has 0 unspecified atom stereocenters. The predicted octanol–water partition coefficient (Wildman–Crippen LogP) is 3.58. The number of amides is 1. The van der Waals surface area contributed by atoms with Crippen molar-refractivity contribution in [1.82, 2.24) is 25.3 Å². The molecule has 1 aromatic carbocycles. The molecule has 0 atom stereocenters. The highest BCUT2D eigenvalue weighted by Gasteiger charge is 2.17. The minimum absolute atomic E-state index is 0.00752. The number of carbonyl (C=O) groups excluding carboxylic acids is 1. The standard InChI is InChI=1S/C20H23N5O/c1-14-13-15(20(26)22-16-7-4-2-3-5-8-16)10-11-18(14)25-19-17(23-24-25)9-6-12-21-19/h6,9-13,16H,2-5,7-8H2,1H3,(H,22,26). The molecule has 0 aliphatic heterocycles. The van der Waals surface area contributed by atoms with Crippen molar-refractivity contribution in [2.75, 3.05) is 0 Å². The highest BCUT2D eigenvalue weighted by atomic mass is 16.1. The Morgan fingerprint density at radius 2 is 1.96 bits per heavy atom. The Labute approximate surface area is 152 Å². The summed E-state index contributed by atoms with van der Waals surface area (Å²) in [4.78, 5) is 17.0. The van der Waals surface area contributed by atoms with Gasteiger partial charge < -0.3 is 5.32 Å². The first-order valence-corrected chi connectivity index (χ1v) is 9.31. The van der Waals surface area contributed by atoms with Crippen LogP contribution in [0.2, 0.25) is 0 Å². The van der Waals surface area contributed by atoms with Crippen molar-refractivity contribution in [1.29, 1.82) is 0 Å². The lowest BCUT2D eigenvalue weighted by molar-refractivity contribution is 0.0933. The second-order valence-electron chi connectivity index (χ2n) is 7.01. The lowest BCUT2D eigenvalue weighted by Crippen LogP contribution is -2.34. The van der Waals surface area contributed by atoms with Crippen LogP contribution in [0.1, 0.15) is 54.4 Å². The summed E-state index contributed by atoms with van der Waals surface area (Å²) in [6, 6.07) is 9.71. The highest BCUT2D eigenvalue weighted by molar-refractivity contribution is 5.95. The van der Waals surface area contributed by atoms with Crippen LogP contribution < -0.4 is 5.32 Å². The number of carbonyl (C=O) groups is 1. The topological polar surface area (TPSA) is 72.7 Å². The lowest BCUT2D eigenvalue weighted by Gasteiger charge is -2.17. The Balaban J connectivity index is 1.56. The number of hydrogen-bond donors (Lipinski definition) is 1. The number of nitrogens with zero attached hydrogens (tertiary/aromatic N) is 4. The number of aromatic nitrogens is 4. The molecule has 0 spiro atoms. The van der Waals surface area contributed by atoms with E-state index in [4.69, 9.17) is 0 Å². The molecule has 0 saturated heterocycles. The first-order chi connectivity index (χ1) is 12.7. The van der Waals surface area contributed by atoms with Gasteiger partial charge in [0.2, 0.25) is 0 Å². The monoisotopic (exact) mass is 349 g/mol. The average Bonchev–Trinajstić information content (AvgIpc) is 2.91. The number of benzene rings is 1. The van der Waals surface area contributed by atoms with E-state index in [1.807, 2.05) is 37.3 Å². The van der Waals surface area contributed by atoms with E-state index in [9.17, 15) is 4.79 Å². The van der Waals surface area contributed by atoms with Gasteiger partial charge in [0, 0.05) is 17.8 Å². The molecule has 134 valence electrons. The molecule has 6 nitrogen and oxygen atoms in total. The maximum Gasteiger partial charge on any atom is 0.251 e. The summed E-state index contributed by atoms with van der Waals surface area (Å²) in [5.74, 6) is 0.00752. The fraction of sp³-hybridized carbons (Fsp3) is 0.400. The molecule has 1 amide bonds. The van der Waals surface area contributed by atoms with E-state index in [2.05, 4.69) is 20.6 Å². The zero-order valence-corrected chi connectivity index (χ0v) is 15.0. The van der Waals surface area contributed by atoms with Gasteiger partial charge >= 0.3 is 0 Å². The van der Waals surface area contributed by atoms with Gasteiger partial charge in [-0.15, -0.1) is 5.10 Å². The van der Waals surface area contributed by atoms with Gasteiger partial charge in [0.25, 0.3) is 5.91 Å². The van der Waals surface area contributed by atoms with Gasteiger partial charge in [-0.1, -0.05) is 30.9 Å². The average molecular weight is 349 g/mol. The SMILES string of the molecule is Cc1cc(C(=O)NC2CCCCCC2)ccc1-n1nnc2cccnc21. The molecular weight excluding hydrogens is 326 g/mol. The third kappa shape index (κ3) is 3.31. The number of hydrogen-bond acceptors (Lipinski definition) is 4. The Morgan fingerprint density at radius 1 is 1.15 bits per heavy atom. The second-order valence-corrected chi connectivity index (χ2v) is 7.01. The normalized spacial score (nSPS) is 15.7. The van der Waals surface area contributed by atoms with Gasteiger partial charge in [-0.2, -0.15) is 4.68 Å². The van der Waals surface area contributed by atoms with Crippen LogP contribution >= 0.6 is 0 Å². The van der Waals surface area contributed by atoms with Crippen LogP contribution in [0.25, 0.3) is 16.9 Å². The number of nitrogens with one attached hydrogen (secondary N) is 1. The van der Waals surface area contributed by atoms with Crippen molar-refractivity contribution >= 4 is 17.1 Å². The zero-order valence-electron chi connectivity index (χ0n) is 15.0. The van der Waals surface area contributed by atoms with E-state index in [1.165, 1.54) is 25.7 Å². The molecule has 1 aliphatic rings. The van der Waals surface area contributed by atoms with Crippen molar-refractivity contribution < 1.29 is 4.79 Å². The number of rotatable bonds is 3. The molecule has 4 rings (SSSR count). The van der Waals surface area contributed by atoms with Crippen LogP contribution in [0.5, 0.6) is 0 Å². The van der Waals surface area contributed by atoms with Crippen LogP contribution in [-0.4, -0.2) is 31.9 Å². The van der Waals surface area contributed by atoms with Gasteiger partial charge in [0.1, 0.15) is 5.52 Å². The molecule has 1 saturated carbocycles. The van der Waals surface area contributed by atoms with Crippen molar-refractivity contribution in [3.63, 3.8) is 0 Å². The van der Waals surface area contributed by atoms with E-state index in [1.54, 1.807) is 10.9 Å². The van der Waals surface area contributed by atoms with Crippen LogP contribution in [0, 0.1) is 6.92 Å². The van der Waals surface area contributed by atoms with Crippen molar-refractivity contribution in [3.05, 3.63) is 47.7 Å². The van der Waals surface area contributed by atoms with Gasteiger partial charge in [-0.3, -0.25) is 4.79 Å². The molecule has 2 heterocycles. The fourth-order valence-corrected chi connectivity index (χ4v) is 3.65. The first-order valence-electron chi connectivity index (χ1n) is 9.31. The Bertz CT molecular complexity index is 925. The lowest BCUT2D eigenvalue weighted by atomic mass is 10.1. The summed E-state index contributed by atoms with van der Waals surface area (Å²) in [6.07, 6.45) is 8.86. The molecule has 2 aromatic heterocycles. The quantitative estimate of drug-likeness (QED) is 0.734. The van der Waals surface area contributed by atoms with Crippen molar-refractivity contribution in [3.8, 4) is 5.69 Å². The summed E-state index contributed by atoms with van der Waals surface area (Å²) in [5.41, 5.74) is 4.01. The van der Waals surface area contributed by atoms with Gasteiger partial charge in [0.15, 0.2) is 5.65 Å². The fourth-order valence-electron chi connectivity index (χ4n) is 3.65. The molecule has 1 aliphatic carbocycles. The third-order valence-corrected chi connectivity index (χ3v) is 5.09. The number of pyridine rings is 1. The summed E-state index contributed by atoms with van der Waals surface area (Å²) < 4.78 is 1.72. The summed E-state index contributed by atoms with van der Waals surface area (Å²) in [5, 5.41) is 11.6. The minimum Gasteiger partial charge on any atom is -0.349 e. The molecule has 3 aromatic rings. The van der Waals surface area contributed by atoms with E-state index in [0.29, 0.717) is 17.3 Å². The van der Waals surface area contributed by atoms with Crippen LogP contribution in [0.3, 0.4) is 0 Å². The molecule has 0 bridgehead atoms. The number of fused-ring (bicyclic) bond motifs is 1. The van der Waals surface area contributed by atoms with Crippen molar-refractivity contribution in [2.24, 2.45) is 0 Å². The molecule has 1 N–H and O–H groups in total. The van der Waals surface area contributed by atoms with E-state index in [-0.39, 0.29) is 5.91 Å². The van der Waals surface area contributed by atoms with Crippen molar-refractivity contribution in [2.45, 2.75) is 51.5 Å². The van der Waals surface area contributed by atoms with Gasteiger partial charge in [0.05, 0.1) is 5.69 Å². The Kier molecular flexibility index (Phi) is 4.65. The van der Waals surface area contributed by atoms with Gasteiger partial charge in [-0.25, -0.2) is 4.98 Å². The highest BCUT2D eigenvalue weighted by Crippen LogP contribution is 2.20. The maximum atomic E-state index is 12.6. The molecule has 26 heavy (non-hydrogen) atoms. The first kappa shape index (κ1) is 16.7. The summed E-state index contributed by atoms with van der Waals surface area (Å²) >= 11 is 0. The summed E-state index contributed by atoms with van der Waals surface area (Å²) in [6.45, 7) is 1.98. The second kappa shape index (κ2) is 7.23. The van der Waals surface area contributed by atoms with E-state index >= 15 is 0 Å². The zero-order chi connectivity index (χ0) is 17.9. The smallest absolute Gasteiger partial charge is 0.251 e. The third-order valence-electron chi connectivity index (χ3n) is 5.09. The molecular formula is C20H23N5O. The number of aryl methyl sites for hydroxylation is 1. The molecule has 6 heteroatoms. The van der Waals surface area contributed by atoms with E-state index < -0.39 is 0 Å². The predicted molar refractivity (Wildman–Crippen MR) is 100 cm³/mol. The maximum absolute atomic E-state index is 12.6. The molecule has 0 radical (unpaired) electrons. The minimum atomic E-state index is 0.00752. The largest absolute Gasteiger partial charge is 0.349 e. The van der Waals surface area contributed by atoms with Gasteiger partial charge in [-0.05, 0) is 55.7 Å². The van der Waals surface area contributed by atoms with Crippen LogP contribution in [-0.2, 0) is 0 Å².